The second-order valence-electron chi connectivity index (χ2n) is 5.14. The predicted molar refractivity (Wildman–Crippen MR) is 87.6 cm³/mol. The van der Waals surface area contributed by atoms with Crippen LogP contribution in [0.4, 0.5) is 5.00 Å². The van der Waals surface area contributed by atoms with Crippen LogP contribution in [0.5, 0.6) is 0 Å². The largest absolute Gasteiger partial charge is 0.311 e. The van der Waals surface area contributed by atoms with Crippen molar-refractivity contribution in [1.82, 2.24) is 0 Å². The number of pyridine rings is 1. The summed E-state index contributed by atoms with van der Waals surface area (Å²) < 4.78 is 1.85. The highest BCUT2D eigenvalue weighted by Gasteiger charge is 2.14. The van der Waals surface area contributed by atoms with E-state index in [1.165, 1.54) is 16.9 Å². The van der Waals surface area contributed by atoms with Crippen molar-refractivity contribution in [3.05, 3.63) is 47.1 Å². The van der Waals surface area contributed by atoms with Gasteiger partial charge >= 0.3 is 0 Å². The summed E-state index contributed by atoms with van der Waals surface area (Å²) in [6.45, 7) is 4.62. The number of thiophene rings is 1. The normalized spacial score (nSPS) is 10.5. The number of anilines is 1. The number of rotatable bonds is 6. The number of carbonyl (C=O) groups excluding carboxylic acids is 1. The van der Waals surface area contributed by atoms with Gasteiger partial charge in [0.2, 0.25) is 6.54 Å². The van der Waals surface area contributed by atoms with Crippen molar-refractivity contribution in [2.75, 3.05) is 5.32 Å². The van der Waals surface area contributed by atoms with Crippen LogP contribution in [0, 0.1) is 11.3 Å². The van der Waals surface area contributed by atoms with Crippen LogP contribution in [0.2, 0.25) is 0 Å². The standard InChI is InChI=1S/C17H19N3OS/c1-3-13(4-2)14-5-8-20(9-6-14)12-16(21)19-17-15(11-18)7-10-22-17/h5-10,13H,3-4,12H2,1-2H3/p+1. The van der Waals surface area contributed by atoms with E-state index in [2.05, 4.69) is 37.4 Å². The van der Waals surface area contributed by atoms with Crippen LogP contribution in [0.15, 0.2) is 36.0 Å². The van der Waals surface area contributed by atoms with Crippen LogP contribution < -0.4 is 9.88 Å². The predicted octanol–water partition coefficient (Wildman–Crippen LogP) is 3.45. The third kappa shape index (κ3) is 3.92. The van der Waals surface area contributed by atoms with Crippen LogP contribution >= 0.6 is 11.3 Å². The maximum Gasteiger partial charge on any atom is 0.290 e. The lowest BCUT2D eigenvalue weighted by atomic mass is 9.95. The zero-order valence-electron chi connectivity index (χ0n) is 12.9. The number of amides is 1. The number of nitriles is 1. The molecule has 0 spiro atoms. The molecule has 0 aromatic carbocycles. The number of hydrogen-bond acceptors (Lipinski definition) is 3. The second-order valence-corrected chi connectivity index (χ2v) is 6.06. The molecule has 0 unspecified atom stereocenters. The molecular weight excluding hydrogens is 294 g/mol. The molecule has 5 heteroatoms. The lowest BCUT2D eigenvalue weighted by Crippen LogP contribution is -2.39. The van der Waals surface area contributed by atoms with Crippen molar-refractivity contribution in [2.45, 2.75) is 39.2 Å². The lowest BCUT2D eigenvalue weighted by molar-refractivity contribution is -0.684. The van der Waals surface area contributed by atoms with Gasteiger partial charge in [-0.25, -0.2) is 0 Å². The second kappa shape index (κ2) is 7.71. The third-order valence-corrected chi connectivity index (χ3v) is 4.57. The molecule has 0 fully saturated rings. The number of hydrogen-bond donors (Lipinski definition) is 1. The third-order valence-electron chi connectivity index (χ3n) is 3.74. The highest BCUT2D eigenvalue weighted by atomic mass is 32.1. The number of carbonyl (C=O) groups is 1. The quantitative estimate of drug-likeness (QED) is 0.830. The zero-order chi connectivity index (χ0) is 15.9. The molecule has 1 N–H and O–H groups in total. The minimum absolute atomic E-state index is 0.126. The molecule has 0 aliphatic rings. The fourth-order valence-electron chi connectivity index (χ4n) is 2.43. The highest BCUT2D eigenvalue weighted by Crippen LogP contribution is 2.22. The minimum atomic E-state index is -0.126. The van der Waals surface area contributed by atoms with Crippen LogP contribution in [0.25, 0.3) is 0 Å². The summed E-state index contributed by atoms with van der Waals surface area (Å²) in [5.74, 6) is 0.451. The topological polar surface area (TPSA) is 56.8 Å². The van der Waals surface area contributed by atoms with Gasteiger partial charge in [0.15, 0.2) is 12.4 Å². The van der Waals surface area contributed by atoms with Crippen molar-refractivity contribution in [3.8, 4) is 6.07 Å². The van der Waals surface area contributed by atoms with Gasteiger partial charge in [-0.3, -0.25) is 4.79 Å². The maximum absolute atomic E-state index is 12.0. The molecule has 0 aliphatic heterocycles. The van der Waals surface area contributed by atoms with Gasteiger partial charge in [0.05, 0.1) is 5.56 Å². The Kier molecular flexibility index (Phi) is 5.68. The molecule has 0 saturated heterocycles. The van der Waals surface area contributed by atoms with Crippen LogP contribution in [-0.4, -0.2) is 5.91 Å². The molecule has 2 aromatic heterocycles. The molecule has 0 radical (unpaired) electrons. The Balaban J connectivity index is 1.99. The van der Waals surface area contributed by atoms with E-state index in [1.54, 1.807) is 11.4 Å². The molecule has 2 rings (SSSR count). The van der Waals surface area contributed by atoms with Gasteiger partial charge in [-0.15, -0.1) is 11.3 Å². The average Bonchev–Trinajstić information content (AvgIpc) is 2.97. The molecule has 2 aromatic rings. The molecule has 0 saturated carbocycles. The van der Waals surface area contributed by atoms with E-state index in [0.29, 0.717) is 16.5 Å². The van der Waals surface area contributed by atoms with Gasteiger partial charge in [-0.2, -0.15) is 9.83 Å². The Bertz CT molecular complexity index is 666. The van der Waals surface area contributed by atoms with Gasteiger partial charge in [-0.05, 0) is 35.8 Å². The van der Waals surface area contributed by atoms with E-state index in [4.69, 9.17) is 5.26 Å². The first-order valence-electron chi connectivity index (χ1n) is 7.44. The average molecular weight is 314 g/mol. The molecule has 1 amide bonds. The zero-order valence-corrected chi connectivity index (χ0v) is 13.7. The van der Waals surface area contributed by atoms with Gasteiger partial charge in [-0.1, -0.05) is 13.8 Å². The Labute approximate surface area is 135 Å². The number of nitrogens with one attached hydrogen (secondary N) is 1. The summed E-state index contributed by atoms with van der Waals surface area (Å²) in [4.78, 5) is 12.0. The molecule has 0 aliphatic carbocycles. The Morgan fingerprint density at radius 2 is 2.00 bits per heavy atom. The van der Waals surface area contributed by atoms with Crippen molar-refractivity contribution in [3.63, 3.8) is 0 Å². The monoisotopic (exact) mass is 314 g/mol. The fourth-order valence-corrected chi connectivity index (χ4v) is 3.19. The SMILES string of the molecule is CCC(CC)c1cc[n+](CC(=O)Nc2sccc2C#N)cc1. The van der Waals surface area contributed by atoms with E-state index < -0.39 is 0 Å². The van der Waals surface area contributed by atoms with Crippen molar-refractivity contribution < 1.29 is 9.36 Å². The maximum atomic E-state index is 12.0. The van der Waals surface area contributed by atoms with Gasteiger partial charge in [0, 0.05) is 12.1 Å². The van der Waals surface area contributed by atoms with Gasteiger partial charge < -0.3 is 5.32 Å². The fraction of sp³-hybridized carbons (Fsp3) is 0.353. The van der Waals surface area contributed by atoms with E-state index >= 15 is 0 Å². The van der Waals surface area contributed by atoms with Crippen LogP contribution in [0.1, 0.15) is 43.7 Å². The molecular formula is C17H20N3OS+. The Hall–Kier alpha value is -2.19. The van der Waals surface area contributed by atoms with Gasteiger partial charge in [0.1, 0.15) is 11.1 Å². The Morgan fingerprint density at radius 1 is 1.32 bits per heavy atom. The van der Waals surface area contributed by atoms with Crippen molar-refractivity contribution >= 4 is 22.2 Å². The first-order valence-corrected chi connectivity index (χ1v) is 8.32. The summed E-state index contributed by atoms with van der Waals surface area (Å²) in [5, 5.41) is 14.1. The van der Waals surface area contributed by atoms with Crippen molar-refractivity contribution in [1.29, 1.82) is 5.26 Å². The lowest BCUT2D eigenvalue weighted by Gasteiger charge is -2.11. The highest BCUT2D eigenvalue weighted by molar-refractivity contribution is 7.14. The molecule has 0 bridgehead atoms. The van der Waals surface area contributed by atoms with Gasteiger partial charge in [0.25, 0.3) is 5.91 Å². The van der Waals surface area contributed by atoms with E-state index in [1.807, 2.05) is 17.0 Å². The number of aromatic nitrogens is 1. The molecule has 2 heterocycles. The smallest absolute Gasteiger partial charge is 0.290 e. The molecule has 0 atom stereocenters. The minimum Gasteiger partial charge on any atom is -0.311 e. The molecule has 4 nitrogen and oxygen atoms in total. The van der Waals surface area contributed by atoms with E-state index in [9.17, 15) is 4.79 Å². The summed E-state index contributed by atoms with van der Waals surface area (Å²) in [6.07, 6.45) is 6.12. The first kappa shape index (κ1) is 16.2. The van der Waals surface area contributed by atoms with Crippen LogP contribution in [0.3, 0.4) is 0 Å². The number of nitrogens with zero attached hydrogens (tertiary/aromatic N) is 2. The molecule has 22 heavy (non-hydrogen) atoms. The molecule has 114 valence electrons. The Morgan fingerprint density at radius 3 is 2.59 bits per heavy atom. The first-order chi connectivity index (χ1) is 10.7. The summed E-state index contributed by atoms with van der Waals surface area (Å²) in [6, 6.07) is 7.93. The summed E-state index contributed by atoms with van der Waals surface area (Å²) in [7, 11) is 0. The summed E-state index contributed by atoms with van der Waals surface area (Å²) >= 11 is 1.36. The van der Waals surface area contributed by atoms with E-state index in [0.717, 1.165) is 12.8 Å². The van der Waals surface area contributed by atoms with Crippen LogP contribution in [-0.2, 0) is 11.3 Å². The van der Waals surface area contributed by atoms with Crippen molar-refractivity contribution in [2.24, 2.45) is 0 Å². The summed E-state index contributed by atoms with van der Waals surface area (Å²) in [5.41, 5.74) is 1.82. The van der Waals surface area contributed by atoms with E-state index in [-0.39, 0.29) is 12.5 Å².